The molecule has 0 spiro atoms. The van der Waals surface area contributed by atoms with Gasteiger partial charge in [0.2, 0.25) is 0 Å². The molecule has 3 rings (SSSR count). The van der Waals surface area contributed by atoms with Gasteiger partial charge in [-0.25, -0.2) is 4.98 Å². The third kappa shape index (κ3) is 7.92. The first-order valence-corrected chi connectivity index (χ1v) is 11.0. The lowest BCUT2D eigenvalue weighted by atomic mass is 9.85. The van der Waals surface area contributed by atoms with Gasteiger partial charge in [-0.2, -0.15) is 0 Å². The van der Waals surface area contributed by atoms with E-state index in [-0.39, 0.29) is 24.0 Å². The lowest BCUT2D eigenvalue weighted by Crippen LogP contribution is -2.42. The quantitative estimate of drug-likeness (QED) is 0.327. The van der Waals surface area contributed by atoms with E-state index in [1.165, 1.54) is 50.5 Å². The molecular weight excluding hydrogens is 477 g/mol. The van der Waals surface area contributed by atoms with Crippen LogP contribution in [0.5, 0.6) is 0 Å². The molecule has 1 saturated carbocycles. The Bertz CT molecular complexity index is 615. The van der Waals surface area contributed by atoms with Crippen LogP contribution in [0.1, 0.15) is 57.4 Å². The van der Waals surface area contributed by atoms with Gasteiger partial charge in [-0.15, -0.1) is 24.0 Å². The SMILES string of the molecule is CN=C(NCc1cccnc1N1CCOCC1)NC(C)CCC1CCCCC1.I. The first-order valence-electron chi connectivity index (χ1n) is 11.0. The van der Waals surface area contributed by atoms with Gasteiger partial charge in [-0.05, 0) is 31.7 Å². The fraction of sp³-hybridized carbons (Fsp3) is 0.727. The molecular formula is C22H38IN5O. The number of morpholine rings is 1. The van der Waals surface area contributed by atoms with Crippen LogP contribution in [0.2, 0.25) is 0 Å². The van der Waals surface area contributed by atoms with Gasteiger partial charge >= 0.3 is 0 Å². The van der Waals surface area contributed by atoms with Gasteiger partial charge in [0.1, 0.15) is 5.82 Å². The van der Waals surface area contributed by atoms with Crippen LogP contribution in [0.25, 0.3) is 0 Å². The van der Waals surface area contributed by atoms with E-state index in [4.69, 9.17) is 4.74 Å². The molecule has 1 unspecified atom stereocenters. The van der Waals surface area contributed by atoms with Crippen molar-refractivity contribution in [2.45, 2.75) is 64.5 Å². The molecule has 0 bridgehead atoms. The van der Waals surface area contributed by atoms with Crippen molar-refractivity contribution in [1.29, 1.82) is 0 Å². The molecule has 1 saturated heterocycles. The topological polar surface area (TPSA) is 61.8 Å². The average molecular weight is 515 g/mol. The zero-order chi connectivity index (χ0) is 19.6. The molecule has 1 aromatic rings. The number of hydrogen-bond donors (Lipinski definition) is 2. The first kappa shape index (κ1) is 24.2. The number of rotatable bonds is 7. The smallest absolute Gasteiger partial charge is 0.191 e. The van der Waals surface area contributed by atoms with Crippen molar-refractivity contribution in [1.82, 2.24) is 15.6 Å². The molecule has 29 heavy (non-hydrogen) atoms. The van der Waals surface area contributed by atoms with Gasteiger partial charge in [0, 0.05) is 44.5 Å². The molecule has 2 heterocycles. The van der Waals surface area contributed by atoms with Gasteiger partial charge in [-0.3, -0.25) is 4.99 Å². The predicted molar refractivity (Wildman–Crippen MR) is 131 cm³/mol. The highest BCUT2D eigenvalue weighted by atomic mass is 127. The summed E-state index contributed by atoms with van der Waals surface area (Å²) in [7, 11) is 1.84. The van der Waals surface area contributed by atoms with E-state index in [0.717, 1.165) is 50.5 Å². The number of halogens is 1. The molecule has 0 radical (unpaired) electrons. The van der Waals surface area contributed by atoms with Crippen molar-refractivity contribution in [2.24, 2.45) is 10.9 Å². The molecule has 164 valence electrons. The Kier molecular flexibility index (Phi) is 11.1. The second-order valence-corrected chi connectivity index (χ2v) is 8.14. The van der Waals surface area contributed by atoms with E-state index in [0.29, 0.717) is 6.04 Å². The lowest BCUT2D eigenvalue weighted by Gasteiger charge is -2.29. The van der Waals surface area contributed by atoms with Crippen LogP contribution in [0.15, 0.2) is 23.3 Å². The van der Waals surface area contributed by atoms with Crippen molar-refractivity contribution in [3.63, 3.8) is 0 Å². The third-order valence-corrected chi connectivity index (χ3v) is 5.96. The van der Waals surface area contributed by atoms with Gasteiger partial charge in [0.05, 0.1) is 13.2 Å². The number of aromatic nitrogens is 1. The van der Waals surface area contributed by atoms with E-state index in [1.54, 1.807) is 0 Å². The van der Waals surface area contributed by atoms with Crippen molar-refractivity contribution in [2.75, 3.05) is 38.3 Å². The van der Waals surface area contributed by atoms with Gasteiger partial charge in [-0.1, -0.05) is 38.2 Å². The molecule has 6 nitrogen and oxygen atoms in total. The van der Waals surface area contributed by atoms with E-state index < -0.39 is 0 Å². The maximum atomic E-state index is 5.47. The minimum atomic E-state index is 0. The number of anilines is 1. The highest BCUT2D eigenvalue weighted by Crippen LogP contribution is 2.27. The summed E-state index contributed by atoms with van der Waals surface area (Å²) in [5.74, 6) is 2.85. The zero-order valence-corrected chi connectivity index (χ0v) is 20.4. The molecule has 2 aliphatic rings. The van der Waals surface area contributed by atoms with Crippen LogP contribution in [-0.2, 0) is 11.3 Å². The highest BCUT2D eigenvalue weighted by Gasteiger charge is 2.17. The highest BCUT2D eigenvalue weighted by molar-refractivity contribution is 14.0. The first-order chi connectivity index (χ1) is 13.8. The summed E-state index contributed by atoms with van der Waals surface area (Å²) in [4.78, 5) is 11.3. The summed E-state index contributed by atoms with van der Waals surface area (Å²) < 4.78 is 5.47. The molecule has 7 heteroatoms. The Morgan fingerprint density at radius 2 is 2.03 bits per heavy atom. The van der Waals surface area contributed by atoms with Crippen molar-refractivity contribution in [3.8, 4) is 0 Å². The van der Waals surface area contributed by atoms with E-state index >= 15 is 0 Å². The molecule has 2 N–H and O–H groups in total. The molecule has 1 aromatic heterocycles. The second kappa shape index (κ2) is 13.3. The van der Waals surface area contributed by atoms with Gasteiger partial charge in [0.15, 0.2) is 5.96 Å². The zero-order valence-electron chi connectivity index (χ0n) is 18.0. The number of guanidine groups is 1. The Labute approximate surface area is 193 Å². The summed E-state index contributed by atoms with van der Waals surface area (Å²) >= 11 is 0. The van der Waals surface area contributed by atoms with Gasteiger partial charge < -0.3 is 20.3 Å². The molecule has 1 aliphatic carbocycles. The summed E-state index contributed by atoms with van der Waals surface area (Å²) in [6.45, 7) is 6.31. The monoisotopic (exact) mass is 515 g/mol. The number of nitrogens with one attached hydrogen (secondary N) is 2. The van der Waals surface area contributed by atoms with Crippen LogP contribution >= 0.6 is 24.0 Å². The Morgan fingerprint density at radius 3 is 2.76 bits per heavy atom. The van der Waals surface area contributed by atoms with Gasteiger partial charge in [0.25, 0.3) is 0 Å². The fourth-order valence-electron chi connectivity index (χ4n) is 4.27. The largest absolute Gasteiger partial charge is 0.378 e. The fourth-order valence-corrected chi connectivity index (χ4v) is 4.27. The van der Waals surface area contributed by atoms with Crippen LogP contribution in [0, 0.1) is 5.92 Å². The molecule has 1 aliphatic heterocycles. The van der Waals surface area contributed by atoms with E-state index in [1.807, 2.05) is 19.3 Å². The summed E-state index contributed by atoms with van der Waals surface area (Å²) in [5.41, 5.74) is 1.20. The molecule has 2 fully saturated rings. The Hall–Kier alpha value is -1.09. The number of nitrogens with zero attached hydrogens (tertiary/aromatic N) is 3. The maximum absolute atomic E-state index is 5.47. The Balaban J connectivity index is 0.00000300. The van der Waals surface area contributed by atoms with Crippen molar-refractivity contribution in [3.05, 3.63) is 23.9 Å². The maximum Gasteiger partial charge on any atom is 0.191 e. The minimum Gasteiger partial charge on any atom is -0.378 e. The number of pyridine rings is 1. The average Bonchev–Trinajstić information content (AvgIpc) is 2.76. The summed E-state index contributed by atoms with van der Waals surface area (Å²) in [5, 5.41) is 7.04. The molecule has 0 aromatic carbocycles. The van der Waals surface area contributed by atoms with Crippen molar-refractivity contribution >= 4 is 35.8 Å². The normalized spacial score (nSPS) is 19.4. The lowest BCUT2D eigenvalue weighted by molar-refractivity contribution is 0.122. The molecule has 1 atom stereocenters. The number of ether oxygens (including phenoxy) is 1. The predicted octanol–water partition coefficient (Wildman–Crippen LogP) is 3.95. The minimum absolute atomic E-state index is 0. The number of hydrogen-bond acceptors (Lipinski definition) is 4. The molecule has 0 amide bonds. The van der Waals surface area contributed by atoms with Crippen LogP contribution in [-0.4, -0.2) is 50.3 Å². The summed E-state index contributed by atoms with van der Waals surface area (Å²) in [6.07, 6.45) is 11.5. The third-order valence-electron chi connectivity index (χ3n) is 5.96. The standard InChI is InChI=1S/C22H37N5O.HI/c1-18(10-11-19-7-4-3-5-8-19)26-22(23-2)25-17-20-9-6-12-24-21(20)27-13-15-28-16-14-27;/h6,9,12,18-19H,3-5,7-8,10-11,13-17H2,1-2H3,(H2,23,25,26);1H. The van der Waals surface area contributed by atoms with Crippen LogP contribution in [0.3, 0.4) is 0 Å². The van der Waals surface area contributed by atoms with Crippen LogP contribution in [0.4, 0.5) is 5.82 Å². The van der Waals surface area contributed by atoms with Crippen LogP contribution < -0.4 is 15.5 Å². The number of aliphatic imine (C=N–C) groups is 1. The van der Waals surface area contributed by atoms with Crippen molar-refractivity contribution < 1.29 is 4.74 Å². The second-order valence-electron chi connectivity index (χ2n) is 8.14. The summed E-state index contributed by atoms with van der Waals surface area (Å²) in [6, 6.07) is 4.58. The van der Waals surface area contributed by atoms with E-state index in [2.05, 4.69) is 38.5 Å². The van der Waals surface area contributed by atoms with E-state index in [9.17, 15) is 0 Å². The Morgan fingerprint density at radius 1 is 1.28 bits per heavy atom.